The van der Waals surface area contributed by atoms with E-state index in [9.17, 15) is 9.59 Å². The molecule has 0 radical (unpaired) electrons. The summed E-state index contributed by atoms with van der Waals surface area (Å²) in [7, 11) is 1.38. The fourth-order valence-corrected chi connectivity index (χ4v) is 3.54. The number of anilines is 1. The first-order valence-electron chi connectivity index (χ1n) is 8.37. The lowest BCUT2D eigenvalue weighted by atomic mass is 10.1. The summed E-state index contributed by atoms with van der Waals surface area (Å²) in [5, 5.41) is 0. The summed E-state index contributed by atoms with van der Waals surface area (Å²) in [6.07, 6.45) is 4.01. The third-order valence-corrected chi connectivity index (χ3v) is 4.80. The molecule has 124 valence electrons. The van der Waals surface area contributed by atoms with E-state index in [1.165, 1.54) is 32.1 Å². The van der Waals surface area contributed by atoms with Crippen LogP contribution in [0.2, 0.25) is 0 Å². The van der Waals surface area contributed by atoms with Crippen molar-refractivity contribution in [1.82, 2.24) is 4.90 Å². The van der Waals surface area contributed by atoms with Gasteiger partial charge in [-0.2, -0.15) is 0 Å². The second-order valence-electron chi connectivity index (χ2n) is 6.37. The molecule has 1 atom stereocenters. The van der Waals surface area contributed by atoms with E-state index < -0.39 is 0 Å². The van der Waals surface area contributed by atoms with Crippen LogP contribution in [-0.4, -0.2) is 43.5 Å². The minimum atomic E-state index is -0.324. The minimum absolute atomic E-state index is 0.0360. The lowest BCUT2D eigenvalue weighted by Crippen LogP contribution is -2.32. The van der Waals surface area contributed by atoms with E-state index in [4.69, 9.17) is 4.74 Å². The number of esters is 1. The van der Waals surface area contributed by atoms with Crippen LogP contribution in [0.25, 0.3) is 0 Å². The van der Waals surface area contributed by atoms with Crippen molar-refractivity contribution in [3.05, 3.63) is 29.8 Å². The second kappa shape index (κ2) is 7.02. The molecule has 0 N–H and O–H groups in total. The molecule has 23 heavy (non-hydrogen) atoms. The monoisotopic (exact) mass is 316 g/mol. The summed E-state index contributed by atoms with van der Waals surface area (Å²) in [5.74, 6) is -0.575. The number of likely N-dealkylation sites (tertiary alicyclic amines) is 1. The Hall–Kier alpha value is -2.04. The minimum Gasteiger partial charge on any atom is -0.469 e. The Morgan fingerprint density at radius 3 is 2.70 bits per heavy atom. The van der Waals surface area contributed by atoms with E-state index in [2.05, 4.69) is 23.1 Å². The number of hydrogen-bond acceptors (Lipinski definition) is 4. The van der Waals surface area contributed by atoms with Crippen LogP contribution in [0, 0.1) is 5.92 Å². The number of carbonyl (C=O) groups excluding carboxylic acids is 2. The quantitative estimate of drug-likeness (QED) is 0.799. The highest BCUT2D eigenvalue weighted by molar-refractivity contribution is 5.86. The van der Waals surface area contributed by atoms with Gasteiger partial charge < -0.3 is 14.5 Å². The number of piperidine rings is 1. The fraction of sp³-hybridized carbons (Fsp3) is 0.556. The Balaban J connectivity index is 1.73. The average Bonchev–Trinajstić information content (AvgIpc) is 2.96. The van der Waals surface area contributed by atoms with Crippen molar-refractivity contribution in [1.29, 1.82) is 0 Å². The fourth-order valence-electron chi connectivity index (χ4n) is 3.54. The molecule has 1 unspecified atom stereocenters. The topological polar surface area (TPSA) is 49.9 Å². The van der Waals surface area contributed by atoms with Gasteiger partial charge in [-0.3, -0.25) is 9.59 Å². The Morgan fingerprint density at radius 2 is 1.96 bits per heavy atom. The molecule has 5 nitrogen and oxygen atoms in total. The summed E-state index contributed by atoms with van der Waals surface area (Å²) >= 11 is 0. The first-order valence-corrected chi connectivity index (χ1v) is 8.37. The highest BCUT2D eigenvalue weighted by atomic mass is 16.5. The first-order chi connectivity index (χ1) is 11.2. The van der Waals surface area contributed by atoms with E-state index in [1.807, 2.05) is 6.07 Å². The molecule has 2 saturated heterocycles. The summed E-state index contributed by atoms with van der Waals surface area (Å²) < 4.78 is 4.77. The lowest BCUT2D eigenvalue weighted by molar-refractivity contribution is -0.145. The molecule has 0 bridgehead atoms. The maximum atomic E-state index is 12.2. The van der Waals surface area contributed by atoms with Crippen LogP contribution in [0.1, 0.15) is 31.2 Å². The number of ether oxygens (including phenoxy) is 1. The second-order valence-corrected chi connectivity index (χ2v) is 6.37. The summed E-state index contributed by atoms with van der Waals surface area (Å²) in [4.78, 5) is 28.1. The van der Waals surface area contributed by atoms with E-state index >= 15 is 0 Å². The molecule has 0 aromatic heterocycles. The maximum Gasteiger partial charge on any atom is 0.310 e. The van der Waals surface area contributed by atoms with Gasteiger partial charge in [0.05, 0.1) is 13.0 Å². The van der Waals surface area contributed by atoms with Crippen LogP contribution in [0.4, 0.5) is 5.69 Å². The Morgan fingerprint density at radius 1 is 1.22 bits per heavy atom. The van der Waals surface area contributed by atoms with Gasteiger partial charge in [0.15, 0.2) is 0 Å². The SMILES string of the molecule is COC(=O)C1CC(=O)N(Cc2ccccc2N2CCCCC2)C1. The van der Waals surface area contributed by atoms with Crippen molar-refractivity contribution in [3.63, 3.8) is 0 Å². The van der Waals surface area contributed by atoms with Crippen LogP contribution < -0.4 is 4.90 Å². The van der Waals surface area contributed by atoms with Crippen LogP contribution in [-0.2, 0) is 20.9 Å². The molecule has 5 heteroatoms. The molecule has 1 amide bonds. The zero-order valence-electron chi connectivity index (χ0n) is 13.7. The van der Waals surface area contributed by atoms with Gasteiger partial charge in [-0.25, -0.2) is 0 Å². The molecule has 0 spiro atoms. The van der Waals surface area contributed by atoms with Gasteiger partial charge >= 0.3 is 5.97 Å². The van der Waals surface area contributed by atoms with Crippen molar-refractivity contribution in [2.45, 2.75) is 32.2 Å². The van der Waals surface area contributed by atoms with E-state index in [-0.39, 0.29) is 24.2 Å². The van der Waals surface area contributed by atoms with Crippen LogP contribution >= 0.6 is 0 Å². The van der Waals surface area contributed by atoms with Crippen molar-refractivity contribution < 1.29 is 14.3 Å². The summed E-state index contributed by atoms with van der Waals surface area (Å²) in [6, 6.07) is 8.29. The van der Waals surface area contributed by atoms with Crippen LogP contribution in [0.3, 0.4) is 0 Å². The predicted molar refractivity (Wildman–Crippen MR) is 88.0 cm³/mol. The number of hydrogen-bond donors (Lipinski definition) is 0. The number of rotatable bonds is 4. The Bertz CT molecular complexity index is 581. The molecule has 1 aromatic carbocycles. The molecule has 0 saturated carbocycles. The Kier molecular flexibility index (Phi) is 4.84. The van der Waals surface area contributed by atoms with Crippen LogP contribution in [0.5, 0.6) is 0 Å². The number of para-hydroxylation sites is 1. The van der Waals surface area contributed by atoms with Crippen molar-refractivity contribution in [3.8, 4) is 0 Å². The van der Waals surface area contributed by atoms with Crippen molar-refractivity contribution in [2.75, 3.05) is 31.6 Å². The average molecular weight is 316 g/mol. The normalized spacial score (nSPS) is 21.6. The lowest BCUT2D eigenvalue weighted by Gasteiger charge is -2.31. The van der Waals surface area contributed by atoms with Crippen molar-refractivity contribution >= 4 is 17.6 Å². The van der Waals surface area contributed by atoms with E-state index in [0.717, 1.165) is 18.7 Å². The highest BCUT2D eigenvalue weighted by Gasteiger charge is 2.35. The number of methoxy groups -OCH3 is 1. The summed E-state index contributed by atoms with van der Waals surface area (Å²) in [6.45, 7) is 3.18. The van der Waals surface area contributed by atoms with Gasteiger partial charge in [0, 0.05) is 38.3 Å². The van der Waals surface area contributed by atoms with Gasteiger partial charge in [0.1, 0.15) is 0 Å². The van der Waals surface area contributed by atoms with Gasteiger partial charge in [-0.05, 0) is 30.9 Å². The van der Waals surface area contributed by atoms with Gasteiger partial charge in [0.2, 0.25) is 5.91 Å². The molecule has 2 aliphatic heterocycles. The molecule has 2 heterocycles. The van der Waals surface area contributed by atoms with E-state index in [1.54, 1.807) is 4.90 Å². The molecule has 0 aliphatic carbocycles. The zero-order valence-corrected chi connectivity index (χ0v) is 13.7. The standard InChI is InChI=1S/C18H24N2O3/c1-23-18(22)15-11-17(21)20(13-15)12-14-7-3-4-8-16(14)19-9-5-2-6-10-19/h3-4,7-8,15H,2,5-6,9-13H2,1H3. The third kappa shape index (κ3) is 3.49. The number of benzene rings is 1. The Labute approximate surface area is 137 Å². The van der Waals surface area contributed by atoms with Crippen molar-refractivity contribution in [2.24, 2.45) is 5.92 Å². The maximum absolute atomic E-state index is 12.2. The van der Waals surface area contributed by atoms with Gasteiger partial charge in [-0.1, -0.05) is 18.2 Å². The largest absolute Gasteiger partial charge is 0.469 e. The van der Waals surface area contributed by atoms with E-state index in [0.29, 0.717) is 13.1 Å². The smallest absolute Gasteiger partial charge is 0.310 e. The van der Waals surface area contributed by atoms with Gasteiger partial charge in [-0.15, -0.1) is 0 Å². The molecule has 3 rings (SSSR count). The number of nitrogens with zero attached hydrogens (tertiary/aromatic N) is 2. The third-order valence-electron chi connectivity index (χ3n) is 4.80. The van der Waals surface area contributed by atoms with Crippen LogP contribution in [0.15, 0.2) is 24.3 Å². The predicted octanol–water partition coefficient (Wildman–Crippen LogP) is 2.20. The summed E-state index contributed by atoms with van der Waals surface area (Å²) in [5.41, 5.74) is 2.38. The molecule has 2 aliphatic rings. The first kappa shape index (κ1) is 15.8. The highest BCUT2D eigenvalue weighted by Crippen LogP contribution is 2.28. The molecular weight excluding hydrogens is 292 g/mol. The number of amides is 1. The molecule has 1 aromatic rings. The number of carbonyl (C=O) groups is 2. The molecule has 2 fully saturated rings. The zero-order chi connectivity index (χ0) is 16.2. The molecular formula is C18H24N2O3. The van der Waals surface area contributed by atoms with Gasteiger partial charge in [0.25, 0.3) is 0 Å².